The van der Waals surface area contributed by atoms with Gasteiger partial charge in [0.2, 0.25) is 11.6 Å². The highest BCUT2D eigenvalue weighted by atomic mass is 35.5. The normalized spacial score (nSPS) is 10.1. The zero-order valence-corrected chi connectivity index (χ0v) is 13.3. The summed E-state index contributed by atoms with van der Waals surface area (Å²) in [6, 6.07) is 4.51. The molecule has 1 aromatic heterocycles. The van der Waals surface area contributed by atoms with E-state index in [9.17, 15) is 14.9 Å². The molecule has 126 valence electrons. The van der Waals surface area contributed by atoms with Crippen LogP contribution >= 0.6 is 23.2 Å². The molecule has 1 aromatic carbocycles. The topological polar surface area (TPSA) is 145 Å². The fourth-order valence-electron chi connectivity index (χ4n) is 1.56. The number of nitrogens with two attached hydrogens (primary N) is 1. The SMILES string of the molecule is Nc1ncnc(NNC(=O)COc2ccc(Cl)cc2Cl)c1[N+](=O)[O-]. The minimum Gasteiger partial charge on any atom is -0.482 e. The van der Waals surface area contributed by atoms with Crippen molar-refractivity contribution in [3.05, 3.63) is 44.7 Å². The van der Waals surface area contributed by atoms with Crippen molar-refractivity contribution in [2.45, 2.75) is 0 Å². The number of carbonyl (C=O) groups is 1. The van der Waals surface area contributed by atoms with Crippen LogP contribution in [-0.2, 0) is 4.79 Å². The molecule has 24 heavy (non-hydrogen) atoms. The van der Waals surface area contributed by atoms with Crippen LogP contribution in [0.5, 0.6) is 5.75 Å². The van der Waals surface area contributed by atoms with Crippen LogP contribution in [0, 0.1) is 10.1 Å². The molecule has 0 atom stereocenters. The van der Waals surface area contributed by atoms with Crippen molar-refractivity contribution in [1.29, 1.82) is 0 Å². The average Bonchev–Trinajstić information content (AvgIpc) is 2.51. The van der Waals surface area contributed by atoms with Crippen molar-refractivity contribution in [2.24, 2.45) is 0 Å². The molecule has 10 nitrogen and oxygen atoms in total. The fraction of sp³-hybridized carbons (Fsp3) is 0.0833. The van der Waals surface area contributed by atoms with E-state index < -0.39 is 23.1 Å². The summed E-state index contributed by atoms with van der Waals surface area (Å²) in [7, 11) is 0. The number of rotatable bonds is 6. The third-order valence-corrected chi connectivity index (χ3v) is 3.14. The van der Waals surface area contributed by atoms with Crippen LogP contribution in [0.15, 0.2) is 24.5 Å². The van der Waals surface area contributed by atoms with Gasteiger partial charge >= 0.3 is 5.69 Å². The monoisotopic (exact) mass is 372 g/mol. The van der Waals surface area contributed by atoms with E-state index in [2.05, 4.69) is 20.8 Å². The van der Waals surface area contributed by atoms with Gasteiger partial charge in [-0.15, -0.1) is 0 Å². The predicted molar refractivity (Wildman–Crippen MR) is 86.8 cm³/mol. The Labute approximate surface area is 145 Å². The molecule has 0 fully saturated rings. The number of halogens is 2. The summed E-state index contributed by atoms with van der Waals surface area (Å²) in [4.78, 5) is 29.0. The first-order valence-electron chi connectivity index (χ1n) is 6.26. The second-order valence-corrected chi connectivity index (χ2v) is 5.09. The molecule has 2 rings (SSSR count). The van der Waals surface area contributed by atoms with Gasteiger partial charge in [-0.1, -0.05) is 23.2 Å². The first kappa shape index (κ1) is 17.5. The van der Waals surface area contributed by atoms with Gasteiger partial charge in [0.05, 0.1) is 9.95 Å². The molecule has 12 heteroatoms. The summed E-state index contributed by atoms with van der Waals surface area (Å²) in [5, 5.41) is 11.6. The summed E-state index contributed by atoms with van der Waals surface area (Å²) < 4.78 is 5.21. The van der Waals surface area contributed by atoms with Crippen LogP contribution in [0.25, 0.3) is 0 Å². The standard InChI is InChI=1S/C12H10Cl2N6O4/c13-6-1-2-8(7(14)3-6)24-4-9(21)18-19-12-10(20(22)23)11(15)16-5-17-12/h1-3,5H,4H2,(H,18,21)(H3,15,16,17,19). The van der Waals surface area contributed by atoms with Crippen LogP contribution < -0.4 is 21.3 Å². The lowest BCUT2D eigenvalue weighted by Gasteiger charge is -2.10. The molecule has 0 saturated carbocycles. The van der Waals surface area contributed by atoms with E-state index in [1.165, 1.54) is 12.1 Å². The van der Waals surface area contributed by atoms with Crippen molar-refractivity contribution in [3.63, 3.8) is 0 Å². The van der Waals surface area contributed by atoms with Crippen LogP contribution in [-0.4, -0.2) is 27.4 Å². The van der Waals surface area contributed by atoms with Crippen molar-refractivity contribution >= 4 is 46.4 Å². The predicted octanol–water partition coefficient (Wildman–Crippen LogP) is 1.80. The molecule has 0 saturated heterocycles. The molecule has 0 unspecified atom stereocenters. The number of nitro groups is 1. The van der Waals surface area contributed by atoms with Gasteiger partial charge in [-0.3, -0.25) is 25.8 Å². The summed E-state index contributed by atoms with van der Waals surface area (Å²) in [6.45, 7) is -0.400. The first-order chi connectivity index (χ1) is 11.4. The van der Waals surface area contributed by atoms with Gasteiger partial charge < -0.3 is 10.5 Å². The molecular formula is C12H10Cl2N6O4. The number of anilines is 2. The van der Waals surface area contributed by atoms with E-state index in [1.807, 2.05) is 0 Å². The highest BCUT2D eigenvalue weighted by Gasteiger charge is 2.21. The van der Waals surface area contributed by atoms with Gasteiger partial charge in [0.15, 0.2) is 6.61 Å². The number of aromatic nitrogens is 2. The van der Waals surface area contributed by atoms with Crippen LogP contribution in [0.3, 0.4) is 0 Å². The summed E-state index contributed by atoms with van der Waals surface area (Å²) in [5.41, 5.74) is 9.32. The van der Waals surface area contributed by atoms with Gasteiger partial charge in [-0.25, -0.2) is 9.97 Å². The molecule has 0 radical (unpaired) electrons. The fourth-order valence-corrected chi connectivity index (χ4v) is 2.03. The van der Waals surface area contributed by atoms with Crippen molar-refractivity contribution in [3.8, 4) is 5.75 Å². The van der Waals surface area contributed by atoms with Crippen molar-refractivity contribution < 1.29 is 14.5 Å². The second-order valence-electron chi connectivity index (χ2n) is 4.25. The molecule has 4 N–H and O–H groups in total. The van der Waals surface area contributed by atoms with Crippen molar-refractivity contribution in [1.82, 2.24) is 15.4 Å². The Morgan fingerprint density at radius 1 is 1.38 bits per heavy atom. The molecular weight excluding hydrogens is 363 g/mol. The lowest BCUT2D eigenvalue weighted by Crippen LogP contribution is -2.34. The quantitative estimate of drug-likeness (QED) is 0.513. The Bertz CT molecular complexity index is 788. The highest BCUT2D eigenvalue weighted by Crippen LogP contribution is 2.27. The maximum absolute atomic E-state index is 11.7. The molecule has 1 heterocycles. The van der Waals surface area contributed by atoms with Crippen LogP contribution in [0.2, 0.25) is 10.0 Å². The number of hydrogen-bond donors (Lipinski definition) is 3. The van der Waals surface area contributed by atoms with E-state index in [-0.39, 0.29) is 22.4 Å². The van der Waals surface area contributed by atoms with E-state index in [4.69, 9.17) is 33.7 Å². The number of ether oxygens (including phenoxy) is 1. The zero-order valence-electron chi connectivity index (χ0n) is 11.8. The number of benzene rings is 1. The maximum atomic E-state index is 11.7. The number of nitrogens with zero attached hydrogens (tertiary/aromatic N) is 3. The Morgan fingerprint density at radius 3 is 2.79 bits per heavy atom. The number of amides is 1. The molecule has 0 aliphatic heterocycles. The Balaban J connectivity index is 1.94. The molecule has 0 aliphatic rings. The summed E-state index contributed by atoms with van der Waals surface area (Å²) in [6.07, 6.45) is 1.01. The minimum absolute atomic E-state index is 0.238. The number of hydrogen-bond acceptors (Lipinski definition) is 8. The minimum atomic E-state index is -0.770. The van der Waals surface area contributed by atoms with Gasteiger partial charge in [0.25, 0.3) is 5.91 Å². The molecule has 0 spiro atoms. The summed E-state index contributed by atoms with van der Waals surface area (Å²) in [5.74, 6) is -0.970. The number of nitrogen functional groups attached to an aromatic ring is 1. The van der Waals surface area contributed by atoms with Crippen LogP contribution in [0.4, 0.5) is 17.3 Å². The van der Waals surface area contributed by atoms with E-state index in [0.717, 1.165) is 6.33 Å². The highest BCUT2D eigenvalue weighted by molar-refractivity contribution is 6.35. The van der Waals surface area contributed by atoms with Gasteiger partial charge in [-0.05, 0) is 18.2 Å². The maximum Gasteiger partial charge on any atom is 0.354 e. The van der Waals surface area contributed by atoms with Gasteiger partial charge in [0.1, 0.15) is 12.1 Å². The van der Waals surface area contributed by atoms with Gasteiger partial charge in [-0.2, -0.15) is 0 Å². The first-order valence-corrected chi connectivity index (χ1v) is 7.01. The number of hydrazine groups is 1. The average molecular weight is 373 g/mol. The van der Waals surface area contributed by atoms with E-state index >= 15 is 0 Å². The Hall–Kier alpha value is -2.85. The largest absolute Gasteiger partial charge is 0.482 e. The third kappa shape index (κ3) is 4.33. The zero-order chi connectivity index (χ0) is 17.7. The van der Waals surface area contributed by atoms with E-state index in [1.54, 1.807) is 6.07 Å². The molecule has 0 aliphatic carbocycles. The second kappa shape index (κ2) is 7.62. The molecule has 0 bridgehead atoms. The Morgan fingerprint density at radius 2 is 2.12 bits per heavy atom. The van der Waals surface area contributed by atoms with Crippen LogP contribution in [0.1, 0.15) is 0 Å². The third-order valence-electron chi connectivity index (χ3n) is 2.61. The van der Waals surface area contributed by atoms with Gasteiger partial charge in [0, 0.05) is 5.02 Å². The smallest absolute Gasteiger partial charge is 0.354 e. The van der Waals surface area contributed by atoms with E-state index in [0.29, 0.717) is 5.02 Å². The number of carbonyl (C=O) groups excluding carboxylic acids is 1. The lowest BCUT2D eigenvalue weighted by molar-refractivity contribution is -0.383. The Kier molecular flexibility index (Phi) is 5.55. The lowest BCUT2D eigenvalue weighted by atomic mass is 10.3. The molecule has 1 amide bonds. The molecule has 2 aromatic rings. The number of nitrogens with one attached hydrogen (secondary N) is 2. The summed E-state index contributed by atoms with van der Waals surface area (Å²) >= 11 is 11.6. The van der Waals surface area contributed by atoms with Crippen molar-refractivity contribution in [2.75, 3.05) is 17.8 Å².